The Balaban J connectivity index is 2.24. The number of carbonyl (C=O) groups is 1. The molecule has 2 N–H and O–H groups in total. The van der Waals surface area contributed by atoms with Crippen molar-refractivity contribution < 1.29 is 19.1 Å². The number of fused-ring (bicyclic) bond motifs is 1. The lowest BCUT2D eigenvalue weighted by atomic mass is 10.1. The van der Waals surface area contributed by atoms with E-state index in [1.165, 1.54) is 7.11 Å². The maximum absolute atomic E-state index is 12.1. The zero-order valence-electron chi connectivity index (χ0n) is 11.0. The summed E-state index contributed by atoms with van der Waals surface area (Å²) in [4.78, 5) is 12.1. The lowest BCUT2D eigenvalue weighted by Gasteiger charge is -2.14. The summed E-state index contributed by atoms with van der Waals surface area (Å²) >= 11 is 0. The van der Waals surface area contributed by atoms with E-state index in [2.05, 4.69) is 5.32 Å². The summed E-state index contributed by atoms with van der Waals surface area (Å²) in [7, 11) is 1.52. The first-order chi connectivity index (χ1) is 9.17. The molecule has 0 bridgehead atoms. The number of benzene rings is 1. The third kappa shape index (κ3) is 2.77. The van der Waals surface area contributed by atoms with E-state index in [-0.39, 0.29) is 24.9 Å². The summed E-state index contributed by atoms with van der Waals surface area (Å²) in [5.41, 5.74) is 1.47. The average molecular weight is 263 g/mol. The van der Waals surface area contributed by atoms with Crippen molar-refractivity contribution in [1.82, 2.24) is 5.32 Å². The van der Waals surface area contributed by atoms with Crippen LogP contribution in [-0.4, -0.2) is 37.4 Å². The van der Waals surface area contributed by atoms with Gasteiger partial charge in [-0.1, -0.05) is 18.2 Å². The molecule has 0 aliphatic heterocycles. The van der Waals surface area contributed by atoms with Gasteiger partial charge in [0.15, 0.2) is 5.76 Å². The molecule has 2 rings (SSSR count). The summed E-state index contributed by atoms with van der Waals surface area (Å²) in [6.45, 7) is 1.91. The highest BCUT2D eigenvalue weighted by Gasteiger charge is 2.20. The third-order valence-corrected chi connectivity index (χ3v) is 2.97. The second-order valence-corrected chi connectivity index (χ2v) is 4.36. The quantitative estimate of drug-likeness (QED) is 0.857. The highest BCUT2D eigenvalue weighted by molar-refractivity contribution is 5.99. The van der Waals surface area contributed by atoms with Crippen LogP contribution in [0.25, 0.3) is 11.0 Å². The van der Waals surface area contributed by atoms with E-state index in [4.69, 9.17) is 14.3 Å². The van der Waals surface area contributed by atoms with E-state index < -0.39 is 6.04 Å². The first-order valence-electron chi connectivity index (χ1n) is 6.06. The van der Waals surface area contributed by atoms with E-state index in [0.717, 1.165) is 10.9 Å². The van der Waals surface area contributed by atoms with E-state index in [9.17, 15) is 4.79 Å². The van der Waals surface area contributed by atoms with Crippen LogP contribution in [0.5, 0.6) is 0 Å². The fraction of sp³-hybridized carbons (Fsp3) is 0.357. The van der Waals surface area contributed by atoms with Gasteiger partial charge in [0.1, 0.15) is 5.58 Å². The van der Waals surface area contributed by atoms with Crippen molar-refractivity contribution in [2.75, 3.05) is 20.3 Å². The molecule has 5 nitrogen and oxygen atoms in total. The number of hydrogen-bond donors (Lipinski definition) is 2. The van der Waals surface area contributed by atoms with Crippen molar-refractivity contribution in [2.24, 2.45) is 0 Å². The van der Waals surface area contributed by atoms with Crippen LogP contribution in [0, 0.1) is 6.92 Å². The van der Waals surface area contributed by atoms with Gasteiger partial charge >= 0.3 is 0 Å². The van der Waals surface area contributed by atoms with Crippen LogP contribution in [0.2, 0.25) is 0 Å². The number of hydrogen-bond acceptors (Lipinski definition) is 4. The molecule has 0 fully saturated rings. The molecule has 19 heavy (non-hydrogen) atoms. The molecular formula is C14H17NO4. The normalized spacial score (nSPS) is 12.6. The molecule has 0 saturated heterocycles. The SMILES string of the molecule is COCC(CO)NC(=O)c1oc2ccccc2c1C. The highest BCUT2D eigenvalue weighted by Crippen LogP contribution is 2.24. The Morgan fingerprint density at radius 1 is 1.47 bits per heavy atom. The molecule has 0 radical (unpaired) electrons. The van der Waals surface area contributed by atoms with E-state index in [0.29, 0.717) is 5.58 Å². The summed E-state index contributed by atoms with van der Waals surface area (Å²) in [5.74, 6) is -0.0689. The molecule has 1 heterocycles. The maximum Gasteiger partial charge on any atom is 0.287 e. The Morgan fingerprint density at radius 3 is 2.84 bits per heavy atom. The van der Waals surface area contributed by atoms with Gasteiger partial charge in [-0.2, -0.15) is 0 Å². The number of aliphatic hydroxyl groups excluding tert-OH is 1. The predicted octanol–water partition coefficient (Wildman–Crippen LogP) is 1.48. The molecule has 1 aromatic carbocycles. The van der Waals surface area contributed by atoms with Crippen molar-refractivity contribution in [2.45, 2.75) is 13.0 Å². The second-order valence-electron chi connectivity index (χ2n) is 4.36. The highest BCUT2D eigenvalue weighted by atomic mass is 16.5. The predicted molar refractivity (Wildman–Crippen MR) is 71.2 cm³/mol. The van der Waals surface area contributed by atoms with Crippen LogP contribution in [0.3, 0.4) is 0 Å². The fourth-order valence-corrected chi connectivity index (χ4v) is 1.98. The minimum atomic E-state index is -0.440. The first kappa shape index (κ1) is 13.6. The topological polar surface area (TPSA) is 71.7 Å². The van der Waals surface area contributed by atoms with Crippen molar-refractivity contribution >= 4 is 16.9 Å². The summed E-state index contributed by atoms with van der Waals surface area (Å²) in [5, 5.41) is 12.7. The van der Waals surface area contributed by atoms with Gasteiger partial charge in [0, 0.05) is 18.1 Å². The summed E-state index contributed by atoms with van der Waals surface area (Å²) in [6, 6.07) is 7.04. The van der Waals surface area contributed by atoms with Crippen LogP contribution >= 0.6 is 0 Å². The van der Waals surface area contributed by atoms with E-state index in [1.54, 1.807) is 0 Å². The Hall–Kier alpha value is -1.85. The zero-order valence-corrected chi connectivity index (χ0v) is 11.0. The number of carbonyl (C=O) groups excluding carboxylic acids is 1. The number of furan rings is 1. The van der Waals surface area contributed by atoms with Crippen LogP contribution in [0.4, 0.5) is 0 Å². The minimum Gasteiger partial charge on any atom is -0.451 e. The molecule has 0 saturated carbocycles. The molecule has 2 aromatic rings. The van der Waals surface area contributed by atoms with Gasteiger partial charge in [0.25, 0.3) is 5.91 Å². The van der Waals surface area contributed by atoms with Gasteiger partial charge in [0.05, 0.1) is 19.3 Å². The Kier molecular flexibility index (Phi) is 4.19. The number of para-hydroxylation sites is 1. The zero-order chi connectivity index (χ0) is 13.8. The van der Waals surface area contributed by atoms with Crippen molar-refractivity contribution in [3.05, 3.63) is 35.6 Å². The van der Waals surface area contributed by atoms with Gasteiger partial charge in [-0.15, -0.1) is 0 Å². The van der Waals surface area contributed by atoms with Crippen molar-refractivity contribution in [1.29, 1.82) is 0 Å². The molecule has 1 atom stereocenters. The average Bonchev–Trinajstić information content (AvgIpc) is 2.76. The van der Waals surface area contributed by atoms with Gasteiger partial charge < -0.3 is 19.6 Å². The van der Waals surface area contributed by atoms with Crippen LogP contribution in [0.1, 0.15) is 16.1 Å². The molecule has 1 amide bonds. The Bertz CT molecular complexity index is 576. The third-order valence-electron chi connectivity index (χ3n) is 2.97. The largest absolute Gasteiger partial charge is 0.451 e. The van der Waals surface area contributed by atoms with Crippen LogP contribution in [-0.2, 0) is 4.74 Å². The molecule has 1 unspecified atom stereocenters. The Morgan fingerprint density at radius 2 is 2.21 bits per heavy atom. The monoisotopic (exact) mass is 263 g/mol. The van der Waals surface area contributed by atoms with E-state index >= 15 is 0 Å². The number of methoxy groups -OCH3 is 1. The number of amides is 1. The molecule has 102 valence electrons. The second kappa shape index (κ2) is 5.86. The number of aryl methyl sites for hydroxylation is 1. The summed E-state index contributed by atoms with van der Waals surface area (Å²) in [6.07, 6.45) is 0. The molecule has 1 aromatic heterocycles. The minimum absolute atomic E-state index is 0.182. The summed E-state index contributed by atoms with van der Waals surface area (Å²) < 4.78 is 10.5. The van der Waals surface area contributed by atoms with Crippen molar-refractivity contribution in [3.8, 4) is 0 Å². The molecule has 0 aliphatic carbocycles. The molecule has 0 spiro atoms. The van der Waals surface area contributed by atoms with Crippen molar-refractivity contribution in [3.63, 3.8) is 0 Å². The maximum atomic E-state index is 12.1. The Labute approximate surface area is 111 Å². The molecular weight excluding hydrogens is 246 g/mol. The molecule has 5 heteroatoms. The lowest BCUT2D eigenvalue weighted by molar-refractivity contribution is 0.0815. The molecule has 0 aliphatic rings. The van der Waals surface area contributed by atoms with Gasteiger partial charge in [0.2, 0.25) is 0 Å². The van der Waals surface area contributed by atoms with Gasteiger partial charge in [-0.25, -0.2) is 0 Å². The number of aliphatic hydroxyl groups is 1. The van der Waals surface area contributed by atoms with Crippen LogP contribution < -0.4 is 5.32 Å². The van der Waals surface area contributed by atoms with Crippen LogP contribution in [0.15, 0.2) is 28.7 Å². The van der Waals surface area contributed by atoms with Gasteiger partial charge in [-0.3, -0.25) is 4.79 Å². The number of ether oxygens (including phenoxy) is 1. The number of rotatable bonds is 5. The van der Waals surface area contributed by atoms with E-state index in [1.807, 2.05) is 31.2 Å². The van der Waals surface area contributed by atoms with Gasteiger partial charge in [-0.05, 0) is 13.0 Å². The smallest absolute Gasteiger partial charge is 0.287 e. The number of nitrogens with one attached hydrogen (secondary N) is 1. The fourth-order valence-electron chi connectivity index (χ4n) is 1.98. The first-order valence-corrected chi connectivity index (χ1v) is 6.06. The lowest BCUT2D eigenvalue weighted by Crippen LogP contribution is -2.40. The standard InChI is InChI=1S/C14H17NO4/c1-9-11-5-3-4-6-12(11)19-13(9)14(17)15-10(7-16)8-18-2/h3-6,10,16H,7-8H2,1-2H3,(H,15,17).